The van der Waals surface area contributed by atoms with Crippen LogP contribution in [0.4, 0.5) is 0 Å². The standard InChI is InChI=1S/C16H22N2/c1-2-5-14(6-3-1)7-4-11-18-12-9-16-15(13-18)8-10-17-16/h1-7,15-17H,8-13H2/b7-4+. The molecule has 2 aliphatic rings. The quantitative estimate of drug-likeness (QED) is 0.875. The summed E-state index contributed by atoms with van der Waals surface area (Å²) < 4.78 is 0. The molecule has 0 bridgehead atoms. The van der Waals surface area contributed by atoms with E-state index in [1.807, 2.05) is 0 Å². The predicted molar refractivity (Wildman–Crippen MR) is 76.4 cm³/mol. The van der Waals surface area contributed by atoms with E-state index < -0.39 is 0 Å². The van der Waals surface area contributed by atoms with Gasteiger partial charge in [0.25, 0.3) is 0 Å². The van der Waals surface area contributed by atoms with Crippen molar-refractivity contribution in [2.75, 3.05) is 26.2 Å². The van der Waals surface area contributed by atoms with E-state index in [4.69, 9.17) is 0 Å². The van der Waals surface area contributed by atoms with Crippen LogP contribution in [-0.2, 0) is 0 Å². The minimum absolute atomic E-state index is 0.805. The molecule has 2 fully saturated rings. The second-order valence-corrected chi connectivity index (χ2v) is 5.47. The zero-order chi connectivity index (χ0) is 12.2. The smallest absolute Gasteiger partial charge is 0.0166 e. The molecule has 0 aliphatic carbocycles. The van der Waals surface area contributed by atoms with Gasteiger partial charge in [0, 0.05) is 19.1 Å². The van der Waals surface area contributed by atoms with Gasteiger partial charge in [0.1, 0.15) is 0 Å². The van der Waals surface area contributed by atoms with Crippen molar-refractivity contribution >= 4 is 6.08 Å². The maximum absolute atomic E-state index is 3.62. The molecular formula is C16H22N2. The van der Waals surface area contributed by atoms with Crippen LogP contribution in [0.3, 0.4) is 0 Å². The zero-order valence-corrected chi connectivity index (χ0v) is 10.9. The largest absolute Gasteiger partial charge is 0.314 e. The molecule has 2 unspecified atom stereocenters. The predicted octanol–water partition coefficient (Wildman–Crippen LogP) is 2.38. The third kappa shape index (κ3) is 2.82. The monoisotopic (exact) mass is 242 g/mol. The van der Waals surface area contributed by atoms with Crippen molar-refractivity contribution < 1.29 is 0 Å². The van der Waals surface area contributed by atoms with Crippen LogP contribution in [-0.4, -0.2) is 37.1 Å². The topological polar surface area (TPSA) is 15.3 Å². The fraction of sp³-hybridized carbons (Fsp3) is 0.500. The van der Waals surface area contributed by atoms with Gasteiger partial charge in [0.2, 0.25) is 0 Å². The van der Waals surface area contributed by atoms with E-state index in [0.717, 1.165) is 18.5 Å². The van der Waals surface area contributed by atoms with Crippen molar-refractivity contribution in [1.29, 1.82) is 0 Å². The lowest BCUT2D eigenvalue weighted by Crippen LogP contribution is -2.44. The van der Waals surface area contributed by atoms with Gasteiger partial charge < -0.3 is 5.32 Å². The molecule has 3 rings (SSSR count). The summed E-state index contributed by atoms with van der Waals surface area (Å²) in [5, 5.41) is 3.62. The van der Waals surface area contributed by atoms with Crippen LogP contribution in [0, 0.1) is 5.92 Å². The minimum Gasteiger partial charge on any atom is -0.314 e. The molecule has 0 aromatic heterocycles. The van der Waals surface area contributed by atoms with E-state index in [-0.39, 0.29) is 0 Å². The number of hydrogen-bond acceptors (Lipinski definition) is 2. The Bertz CT molecular complexity index is 399. The first kappa shape index (κ1) is 11.9. The lowest BCUT2D eigenvalue weighted by atomic mass is 9.93. The van der Waals surface area contributed by atoms with Crippen molar-refractivity contribution in [3.8, 4) is 0 Å². The normalized spacial score (nSPS) is 28.7. The van der Waals surface area contributed by atoms with Crippen LogP contribution in [0.1, 0.15) is 18.4 Å². The molecule has 2 nitrogen and oxygen atoms in total. The lowest BCUT2D eigenvalue weighted by Gasteiger charge is -2.34. The first-order valence-corrected chi connectivity index (χ1v) is 7.09. The molecule has 2 heterocycles. The second kappa shape index (κ2) is 5.68. The Morgan fingerprint density at radius 2 is 2.11 bits per heavy atom. The third-order valence-electron chi connectivity index (χ3n) is 4.21. The van der Waals surface area contributed by atoms with Crippen LogP contribution < -0.4 is 5.32 Å². The summed E-state index contributed by atoms with van der Waals surface area (Å²) in [6.45, 7) is 4.84. The summed E-state index contributed by atoms with van der Waals surface area (Å²) in [5.74, 6) is 0.892. The van der Waals surface area contributed by atoms with Gasteiger partial charge in [-0.1, -0.05) is 42.5 Å². The van der Waals surface area contributed by atoms with Crippen LogP contribution in [0.15, 0.2) is 36.4 Å². The van der Waals surface area contributed by atoms with Gasteiger partial charge in [-0.2, -0.15) is 0 Å². The Kier molecular flexibility index (Phi) is 3.77. The van der Waals surface area contributed by atoms with Gasteiger partial charge >= 0.3 is 0 Å². The molecule has 96 valence electrons. The molecule has 2 heteroatoms. The minimum atomic E-state index is 0.805. The molecule has 0 saturated carbocycles. The van der Waals surface area contributed by atoms with Gasteiger partial charge in [-0.15, -0.1) is 0 Å². The van der Waals surface area contributed by atoms with E-state index in [1.54, 1.807) is 0 Å². The summed E-state index contributed by atoms with van der Waals surface area (Å²) in [6, 6.07) is 11.4. The molecular weight excluding hydrogens is 220 g/mol. The molecule has 2 aliphatic heterocycles. The molecule has 1 N–H and O–H groups in total. The molecule has 1 aromatic rings. The Morgan fingerprint density at radius 1 is 1.22 bits per heavy atom. The van der Waals surface area contributed by atoms with Gasteiger partial charge in [0.05, 0.1) is 0 Å². The van der Waals surface area contributed by atoms with Gasteiger partial charge in [-0.3, -0.25) is 4.90 Å². The summed E-state index contributed by atoms with van der Waals surface area (Å²) in [5.41, 5.74) is 1.30. The van der Waals surface area contributed by atoms with Crippen molar-refractivity contribution in [1.82, 2.24) is 10.2 Å². The van der Waals surface area contributed by atoms with E-state index in [0.29, 0.717) is 0 Å². The summed E-state index contributed by atoms with van der Waals surface area (Å²) in [6.07, 6.45) is 7.23. The molecule has 2 saturated heterocycles. The van der Waals surface area contributed by atoms with E-state index >= 15 is 0 Å². The lowest BCUT2D eigenvalue weighted by molar-refractivity contribution is 0.178. The fourth-order valence-corrected chi connectivity index (χ4v) is 3.19. The number of hydrogen-bond donors (Lipinski definition) is 1. The van der Waals surface area contributed by atoms with Crippen molar-refractivity contribution in [3.63, 3.8) is 0 Å². The van der Waals surface area contributed by atoms with Crippen LogP contribution in [0.2, 0.25) is 0 Å². The fourth-order valence-electron chi connectivity index (χ4n) is 3.19. The highest BCUT2D eigenvalue weighted by molar-refractivity contribution is 5.48. The summed E-state index contributed by atoms with van der Waals surface area (Å²) in [7, 11) is 0. The average molecular weight is 242 g/mol. The molecule has 2 atom stereocenters. The second-order valence-electron chi connectivity index (χ2n) is 5.47. The first-order valence-electron chi connectivity index (χ1n) is 7.09. The number of piperidine rings is 1. The summed E-state index contributed by atoms with van der Waals surface area (Å²) >= 11 is 0. The zero-order valence-electron chi connectivity index (χ0n) is 10.9. The third-order valence-corrected chi connectivity index (χ3v) is 4.21. The maximum Gasteiger partial charge on any atom is 0.0166 e. The molecule has 1 aromatic carbocycles. The Morgan fingerprint density at radius 3 is 3.00 bits per heavy atom. The van der Waals surface area contributed by atoms with E-state index in [9.17, 15) is 0 Å². The maximum atomic E-state index is 3.62. The first-order chi connectivity index (χ1) is 8.92. The van der Waals surface area contributed by atoms with Crippen molar-refractivity contribution in [3.05, 3.63) is 42.0 Å². The van der Waals surface area contributed by atoms with E-state index in [1.165, 1.54) is 38.0 Å². The number of nitrogens with one attached hydrogen (secondary N) is 1. The molecule has 0 radical (unpaired) electrons. The van der Waals surface area contributed by atoms with Gasteiger partial charge in [-0.05, 0) is 37.4 Å². The van der Waals surface area contributed by atoms with Crippen LogP contribution in [0.5, 0.6) is 0 Å². The highest BCUT2D eigenvalue weighted by Crippen LogP contribution is 2.24. The van der Waals surface area contributed by atoms with Gasteiger partial charge in [-0.25, -0.2) is 0 Å². The number of benzene rings is 1. The van der Waals surface area contributed by atoms with Crippen molar-refractivity contribution in [2.45, 2.75) is 18.9 Å². The number of fused-ring (bicyclic) bond motifs is 1. The highest BCUT2D eigenvalue weighted by atomic mass is 15.2. The van der Waals surface area contributed by atoms with Crippen LogP contribution in [0.25, 0.3) is 6.08 Å². The summed E-state index contributed by atoms with van der Waals surface area (Å²) in [4.78, 5) is 2.59. The number of likely N-dealkylation sites (tertiary alicyclic amines) is 1. The number of rotatable bonds is 3. The Hall–Kier alpha value is -1.12. The van der Waals surface area contributed by atoms with Gasteiger partial charge in [0.15, 0.2) is 0 Å². The van der Waals surface area contributed by atoms with E-state index in [2.05, 4.69) is 52.7 Å². The average Bonchev–Trinajstić information content (AvgIpc) is 2.87. The number of nitrogens with zero attached hydrogens (tertiary/aromatic N) is 1. The highest BCUT2D eigenvalue weighted by Gasteiger charge is 2.31. The molecule has 0 spiro atoms. The van der Waals surface area contributed by atoms with Crippen LogP contribution >= 0.6 is 0 Å². The SMILES string of the molecule is C(=C\c1ccccc1)/CN1CCC2NCCC2C1. The van der Waals surface area contributed by atoms with Crippen molar-refractivity contribution in [2.24, 2.45) is 5.92 Å². The Labute approximate surface area is 110 Å². The molecule has 0 amide bonds. The molecule has 18 heavy (non-hydrogen) atoms. The Balaban J connectivity index is 1.50.